The summed E-state index contributed by atoms with van der Waals surface area (Å²) in [7, 11) is 1.93. The van der Waals surface area contributed by atoms with Gasteiger partial charge in [-0.15, -0.1) is 11.3 Å². The largest absolute Gasteiger partial charge is 0.479 e. The van der Waals surface area contributed by atoms with Crippen molar-refractivity contribution < 1.29 is 43.6 Å². The number of carbonyl (C=O) groups excluding carboxylic acids is 2. The Balaban J connectivity index is 3.31. The third-order valence-corrected chi connectivity index (χ3v) is 3.87. The number of anilines is 1. The molecule has 0 aliphatic rings. The third kappa shape index (κ3) is 5.37. The number of rotatable bonds is 8. The van der Waals surface area contributed by atoms with Crippen molar-refractivity contribution in [2.45, 2.75) is 38.1 Å². The standard InChI is InChI=1S/C15H21N3O9S/c1-14(2,3)27-13(24)17-12-16-7(6-28-12)15(10(21)22,11(23)26-5)18-8(25-4)9(19)20/h6,8,18H,1-5H3,(H,19,20)(H,21,22)(H,16,17,24). The van der Waals surface area contributed by atoms with Gasteiger partial charge < -0.3 is 24.4 Å². The van der Waals surface area contributed by atoms with Crippen LogP contribution >= 0.6 is 11.3 Å². The minimum absolute atomic E-state index is 0.0788. The van der Waals surface area contributed by atoms with Crippen LogP contribution < -0.4 is 10.6 Å². The Kier molecular flexibility index (Phi) is 7.43. The summed E-state index contributed by atoms with van der Waals surface area (Å²) in [5.74, 6) is -4.69. The first kappa shape index (κ1) is 23.3. The fourth-order valence-electron chi connectivity index (χ4n) is 1.96. The van der Waals surface area contributed by atoms with Crippen LogP contribution in [0.1, 0.15) is 26.5 Å². The number of aliphatic carboxylic acids is 2. The number of hydrogen-bond donors (Lipinski definition) is 4. The first-order chi connectivity index (χ1) is 12.9. The molecule has 2 unspecified atom stereocenters. The number of thiazole rings is 1. The smallest absolute Gasteiger partial charge is 0.413 e. The van der Waals surface area contributed by atoms with Crippen molar-refractivity contribution in [1.29, 1.82) is 0 Å². The lowest BCUT2D eigenvalue weighted by Crippen LogP contribution is -2.61. The van der Waals surface area contributed by atoms with E-state index < -0.39 is 47.1 Å². The number of amides is 1. The van der Waals surface area contributed by atoms with Gasteiger partial charge in [-0.3, -0.25) is 10.6 Å². The highest BCUT2D eigenvalue weighted by Gasteiger charge is 2.54. The molecule has 2 atom stereocenters. The van der Waals surface area contributed by atoms with Gasteiger partial charge in [0, 0.05) is 12.5 Å². The third-order valence-electron chi connectivity index (χ3n) is 3.12. The quantitative estimate of drug-likeness (QED) is 0.264. The summed E-state index contributed by atoms with van der Waals surface area (Å²) < 4.78 is 14.3. The molecule has 0 saturated heterocycles. The predicted molar refractivity (Wildman–Crippen MR) is 94.9 cm³/mol. The van der Waals surface area contributed by atoms with Crippen LogP contribution in [0.15, 0.2) is 5.38 Å². The highest BCUT2D eigenvalue weighted by atomic mass is 32.1. The van der Waals surface area contributed by atoms with E-state index in [0.29, 0.717) is 0 Å². The topological polar surface area (TPSA) is 173 Å². The molecule has 4 N–H and O–H groups in total. The maximum Gasteiger partial charge on any atom is 0.413 e. The fraction of sp³-hybridized carbons (Fsp3) is 0.533. The zero-order valence-corrected chi connectivity index (χ0v) is 16.6. The Morgan fingerprint density at radius 3 is 2.21 bits per heavy atom. The van der Waals surface area contributed by atoms with E-state index in [1.165, 1.54) is 0 Å². The van der Waals surface area contributed by atoms with Gasteiger partial charge in [0.25, 0.3) is 5.54 Å². The number of methoxy groups -OCH3 is 2. The number of aromatic nitrogens is 1. The molecule has 0 aliphatic heterocycles. The molecule has 0 saturated carbocycles. The summed E-state index contributed by atoms with van der Waals surface area (Å²) in [6.45, 7) is 4.94. The molecule has 156 valence electrons. The molecule has 0 aliphatic carbocycles. The van der Waals surface area contributed by atoms with Crippen LogP contribution in [-0.4, -0.2) is 65.2 Å². The zero-order valence-electron chi connectivity index (χ0n) is 15.8. The highest BCUT2D eigenvalue weighted by molar-refractivity contribution is 7.14. The van der Waals surface area contributed by atoms with Crippen LogP contribution in [0.25, 0.3) is 0 Å². The molecular weight excluding hydrogens is 398 g/mol. The molecule has 28 heavy (non-hydrogen) atoms. The first-order valence-corrected chi connectivity index (χ1v) is 8.56. The van der Waals surface area contributed by atoms with Gasteiger partial charge in [0.15, 0.2) is 5.13 Å². The predicted octanol–water partition coefficient (Wildman–Crippen LogP) is 0.590. The van der Waals surface area contributed by atoms with Gasteiger partial charge in [0.2, 0.25) is 6.23 Å². The SMILES string of the molecule is COC(=O)C(NC(OC)C(=O)O)(C(=O)O)c1csc(NC(=O)OC(C)(C)C)n1. The van der Waals surface area contributed by atoms with E-state index in [-0.39, 0.29) is 5.13 Å². The summed E-state index contributed by atoms with van der Waals surface area (Å²) in [5, 5.41) is 24.3. The molecule has 0 aromatic carbocycles. The van der Waals surface area contributed by atoms with Crippen molar-refractivity contribution in [2.75, 3.05) is 19.5 Å². The fourth-order valence-corrected chi connectivity index (χ4v) is 2.71. The van der Waals surface area contributed by atoms with Crippen LogP contribution in [0.2, 0.25) is 0 Å². The zero-order chi connectivity index (χ0) is 21.7. The van der Waals surface area contributed by atoms with Crippen molar-refractivity contribution in [2.24, 2.45) is 0 Å². The lowest BCUT2D eigenvalue weighted by molar-refractivity contribution is -0.168. The number of nitrogens with one attached hydrogen (secondary N) is 2. The molecule has 12 nitrogen and oxygen atoms in total. The Labute approximate surface area is 163 Å². The molecule has 13 heteroatoms. The minimum atomic E-state index is -2.70. The van der Waals surface area contributed by atoms with E-state index in [4.69, 9.17) is 9.84 Å². The number of hydrogen-bond acceptors (Lipinski definition) is 10. The number of ether oxygens (including phenoxy) is 3. The van der Waals surface area contributed by atoms with Gasteiger partial charge in [0.1, 0.15) is 5.60 Å². The Morgan fingerprint density at radius 2 is 1.79 bits per heavy atom. The summed E-state index contributed by atoms with van der Waals surface area (Å²) in [4.78, 5) is 51.2. The van der Waals surface area contributed by atoms with Crippen molar-refractivity contribution >= 4 is 40.5 Å². The van der Waals surface area contributed by atoms with Gasteiger partial charge in [-0.05, 0) is 20.8 Å². The molecule has 1 aromatic rings. The van der Waals surface area contributed by atoms with Gasteiger partial charge in [-0.1, -0.05) is 0 Å². The monoisotopic (exact) mass is 419 g/mol. The van der Waals surface area contributed by atoms with Gasteiger partial charge in [-0.2, -0.15) is 0 Å². The first-order valence-electron chi connectivity index (χ1n) is 7.68. The van der Waals surface area contributed by atoms with Crippen molar-refractivity contribution in [1.82, 2.24) is 10.3 Å². The van der Waals surface area contributed by atoms with Crippen molar-refractivity contribution in [3.8, 4) is 0 Å². The number of esters is 1. The molecule has 1 aromatic heterocycles. The van der Waals surface area contributed by atoms with E-state index >= 15 is 0 Å². The Hall–Kier alpha value is -2.77. The molecule has 1 amide bonds. The highest BCUT2D eigenvalue weighted by Crippen LogP contribution is 2.29. The van der Waals surface area contributed by atoms with Crippen LogP contribution in [-0.2, 0) is 34.1 Å². The van der Waals surface area contributed by atoms with E-state index in [1.807, 2.05) is 0 Å². The average Bonchev–Trinajstić information content (AvgIpc) is 3.01. The Morgan fingerprint density at radius 1 is 1.18 bits per heavy atom. The second-order valence-electron chi connectivity index (χ2n) is 6.31. The molecule has 0 fully saturated rings. The van der Waals surface area contributed by atoms with Crippen LogP contribution in [0.3, 0.4) is 0 Å². The number of nitrogens with zero attached hydrogens (tertiary/aromatic N) is 1. The van der Waals surface area contributed by atoms with Crippen LogP contribution in [0, 0.1) is 0 Å². The van der Waals surface area contributed by atoms with Gasteiger partial charge >= 0.3 is 24.0 Å². The Bertz CT molecular complexity index is 758. The van der Waals surface area contributed by atoms with E-state index in [9.17, 15) is 24.3 Å². The van der Waals surface area contributed by atoms with E-state index in [2.05, 4.69) is 25.1 Å². The van der Waals surface area contributed by atoms with Crippen molar-refractivity contribution in [3.63, 3.8) is 0 Å². The summed E-state index contributed by atoms with van der Waals surface area (Å²) >= 11 is 0.797. The van der Waals surface area contributed by atoms with Gasteiger partial charge in [-0.25, -0.2) is 24.2 Å². The normalized spacial score (nSPS) is 14.5. The lowest BCUT2D eigenvalue weighted by Gasteiger charge is -2.28. The molecule has 0 spiro atoms. The molecule has 0 radical (unpaired) electrons. The van der Waals surface area contributed by atoms with E-state index in [0.717, 1.165) is 30.9 Å². The molecule has 1 heterocycles. The van der Waals surface area contributed by atoms with E-state index in [1.54, 1.807) is 20.8 Å². The summed E-state index contributed by atoms with van der Waals surface area (Å²) in [5.41, 5.74) is -3.89. The molecule has 1 rings (SSSR count). The average molecular weight is 419 g/mol. The lowest BCUT2D eigenvalue weighted by atomic mass is 9.95. The molecular formula is C15H21N3O9S. The number of carbonyl (C=O) groups is 4. The summed E-state index contributed by atoms with van der Waals surface area (Å²) in [6, 6.07) is 0. The van der Waals surface area contributed by atoms with Crippen LogP contribution in [0.4, 0.5) is 9.93 Å². The number of carboxylic acids is 2. The minimum Gasteiger partial charge on any atom is -0.479 e. The maximum atomic E-state index is 12.3. The number of carboxylic acid groups (broad SMARTS) is 2. The van der Waals surface area contributed by atoms with Gasteiger partial charge in [0.05, 0.1) is 12.8 Å². The second-order valence-corrected chi connectivity index (χ2v) is 7.17. The van der Waals surface area contributed by atoms with Crippen molar-refractivity contribution in [3.05, 3.63) is 11.1 Å². The second kappa shape index (κ2) is 8.95. The summed E-state index contributed by atoms with van der Waals surface area (Å²) in [6.07, 6.45) is -2.71. The molecule has 0 bridgehead atoms. The van der Waals surface area contributed by atoms with Crippen LogP contribution in [0.5, 0.6) is 0 Å². The maximum absolute atomic E-state index is 12.3.